The number of anilines is 1. The molecule has 4 aliphatic rings. The third kappa shape index (κ3) is 7.49. The van der Waals surface area contributed by atoms with Crippen LogP contribution in [0.15, 0.2) is 84.0 Å². The van der Waals surface area contributed by atoms with Crippen molar-refractivity contribution in [2.45, 2.75) is 60.8 Å². The van der Waals surface area contributed by atoms with E-state index in [4.69, 9.17) is 15.6 Å². The minimum Gasteiger partial charge on any atom is -0.457 e. The number of imide groups is 2. The minimum atomic E-state index is -0.960. The number of nitrogen functional groups attached to an aromatic ring is 1. The average molecular weight is 786 g/mol. The number of aromatic nitrogens is 4. The van der Waals surface area contributed by atoms with Crippen LogP contribution in [-0.4, -0.2) is 109 Å². The van der Waals surface area contributed by atoms with E-state index in [9.17, 15) is 19.2 Å². The Morgan fingerprint density at radius 2 is 1.46 bits per heavy atom. The van der Waals surface area contributed by atoms with Gasteiger partial charge in [0.15, 0.2) is 5.65 Å². The Bertz CT molecular complexity index is 2340. The number of hydrogen-bond acceptors (Lipinski definition) is 12. The van der Waals surface area contributed by atoms with Gasteiger partial charge in [0, 0.05) is 48.3 Å². The summed E-state index contributed by atoms with van der Waals surface area (Å²) in [5.74, 6) is 0.00958. The van der Waals surface area contributed by atoms with Crippen molar-refractivity contribution in [1.29, 1.82) is 0 Å². The average Bonchev–Trinajstić information content (AvgIpc) is 3.74. The first-order valence-corrected chi connectivity index (χ1v) is 20.5. The molecule has 0 bridgehead atoms. The summed E-state index contributed by atoms with van der Waals surface area (Å²) in [7, 11) is 0. The predicted molar refractivity (Wildman–Crippen MR) is 215 cm³/mol. The Balaban J connectivity index is 0.762. The van der Waals surface area contributed by atoms with Crippen LogP contribution in [0.1, 0.15) is 65.3 Å². The first kappa shape index (κ1) is 37.0. The van der Waals surface area contributed by atoms with Crippen molar-refractivity contribution in [2.75, 3.05) is 45.0 Å². The second-order valence-corrected chi connectivity index (χ2v) is 16.5. The number of rotatable bonds is 10. The van der Waals surface area contributed by atoms with Crippen molar-refractivity contribution < 1.29 is 23.9 Å². The van der Waals surface area contributed by atoms with Crippen molar-refractivity contribution in [3.05, 3.63) is 90.3 Å². The molecule has 4 aliphatic heterocycles. The molecule has 15 heteroatoms. The Hall–Kier alpha value is -5.64. The molecule has 3 saturated heterocycles. The largest absolute Gasteiger partial charge is 0.457 e. The summed E-state index contributed by atoms with van der Waals surface area (Å²) in [6.07, 6.45) is 5.74. The zero-order valence-corrected chi connectivity index (χ0v) is 32.2. The fraction of sp³-hybridized carbons (Fsp3) is 0.357. The van der Waals surface area contributed by atoms with E-state index < -0.39 is 23.8 Å². The number of thioether (sulfide) groups is 1. The molecular formula is C42H43N9O5S. The number of para-hydroxylation sites is 1. The van der Waals surface area contributed by atoms with Crippen molar-refractivity contribution in [2.24, 2.45) is 0 Å². The fourth-order valence-corrected chi connectivity index (χ4v) is 9.56. The number of ether oxygens (including phenoxy) is 1. The molecule has 14 nitrogen and oxygen atoms in total. The van der Waals surface area contributed by atoms with Gasteiger partial charge in [0.25, 0.3) is 11.8 Å². The van der Waals surface area contributed by atoms with Crippen molar-refractivity contribution in [3.63, 3.8) is 0 Å². The number of carbonyl (C=O) groups excluding carboxylic acids is 4. The van der Waals surface area contributed by atoms with Crippen molar-refractivity contribution in [1.82, 2.24) is 39.8 Å². The number of nitrogens with one attached hydrogen (secondary N) is 1. The van der Waals surface area contributed by atoms with Crippen LogP contribution in [0.2, 0.25) is 0 Å². The standard InChI is InChI=1S/C42H43N9O5S/c43-38-36-37(26-6-8-29(9-7-26)56-28-4-2-1-3-5-28)47-51(39(36)45-25-44-38)27-14-18-48(19-15-27)22-23-49-20-16-30(17-21-49)57-31-10-11-32-33(24-31)42(55)50(41(32)54)34-12-13-35(52)46-40(34)53/h1-11,24-25,27,30,34H,12-23H2,(H2,43,44,45)(H,46,52,53). The molecule has 6 heterocycles. The molecule has 3 aromatic carbocycles. The Morgan fingerprint density at radius 3 is 2.18 bits per heavy atom. The second-order valence-electron chi connectivity index (χ2n) is 15.1. The molecule has 0 aliphatic carbocycles. The summed E-state index contributed by atoms with van der Waals surface area (Å²) >= 11 is 1.75. The SMILES string of the molecule is Nc1ncnc2c1c(-c1ccc(Oc3ccccc3)cc1)nn2C1CCN(CCN2CCC(Sc3ccc4c(c3)C(=O)N(C3CCC(=O)NC3=O)C4=O)CC2)CC1. The maximum Gasteiger partial charge on any atom is 0.262 e. The lowest BCUT2D eigenvalue weighted by molar-refractivity contribution is -0.136. The number of likely N-dealkylation sites (tertiary alicyclic amines) is 2. The van der Waals surface area contributed by atoms with Gasteiger partial charge in [0.2, 0.25) is 11.8 Å². The molecule has 292 valence electrons. The van der Waals surface area contributed by atoms with Crippen LogP contribution in [-0.2, 0) is 9.59 Å². The Kier molecular flexibility index (Phi) is 10.2. The maximum atomic E-state index is 13.3. The van der Waals surface area contributed by atoms with E-state index >= 15 is 0 Å². The number of hydrogen-bond donors (Lipinski definition) is 2. The summed E-state index contributed by atoms with van der Waals surface area (Å²) in [4.78, 5) is 66.4. The molecule has 9 rings (SSSR count). The molecule has 2 aromatic heterocycles. The molecule has 0 spiro atoms. The monoisotopic (exact) mass is 785 g/mol. The molecule has 57 heavy (non-hydrogen) atoms. The lowest BCUT2D eigenvalue weighted by Gasteiger charge is -2.36. The van der Waals surface area contributed by atoms with Crippen molar-refractivity contribution in [3.8, 4) is 22.8 Å². The third-order valence-electron chi connectivity index (χ3n) is 11.5. The highest BCUT2D eigenvalue weighted by atomic mass is 32.2. The van der Waals surface area contributed by atoms with E-state index in [1.807, 2.05) is 60.7 Å². The molecule has 0 saturated carbocycles. The van der Waals surface area contributed by atoms with Crippen molar-refractivity contribution >= 4 is 52.2 Å². The topological polar surface area (TPSA) is 169 Å². The van der Waals surface area contributed by atoms with E-state index in [1.54, 1.807) is 23.9 Å². The van der Waals surface area contributed by atoms with Crippen LogP contribution in [0.25, 0.3) is 22.3 Å². The molecular weight excluding hydrogens is 743 g/mol. The minimum absolute atomic E-state index is 0.100. The zero-order chi connectivity index (χ0) is 39.0. The highest BCUT2D eigenvalue weighted by Gasteiger charge is 2.44. The van der Waals surface area contributed by atoms with Gasteiger partial charge in [0.1, 0.15) is 35.4 Å². The first-order chi connectivity index (χ1) is 27.8. The summed E-state index contributed by atoms with van der Waals surface area (Å²) < 4.78 is 8.05. The number of carbonyl (C=O) groups is 4. The van der Waals surface area contributed by atoms with Gasteiger partial charge in [0.05, 0.1) is 22.6 Å². The molecule has 5 aromatic rings. The van der Waals surface area contributed by atoms with Crippen LogP contribution in [0.5, 0.6) is 11.5 Å². The summed E-state index contributed by atoms with van der Waals surface area (Å²) in [6.45, 7) is 5.97. The molecule has 1 atom stereocenters. The molecule has 1 unspecified atom stereocenters. The predicted octanol–water partition coefficient (Wildman–Crippen LogP) is 5.16. The zero-order valence-electron chi connectivity index (χ0n) is 31.4. The molecule has 4 amide bonds. The van der Waals surface area contributed by atoms with E-state index in [-0.39, 0.29) is 24.8 Å². The quantitative estimate of drug-likeness (QED) is 0.179. The smallest absolute Gasteiger partial charge is 0.262 e. The van der Waals surface area contributed by atoms with Crippen LogP contribution < -0.4 is 15.8 Å². The van der Waals surface area contributed by atoms with Crippen LogP contribution in [0.4, 0.5) is 5.82 Å². The van der Waals surface area contributed by atoms with Gasteiger partial charge >= 0.3 is 0 Å². The molecule has 3 N–H and O–H groups in total. The fourth-order valence-electron chi connectivity index (χ4n) is 8.39. The highest BCUT2D eigenvalue weighted by Crippen LogP contribution is 2.37. The molecule has 3 fully saturated rings. The number of piperidine rings is 3. The van der Waals surface area contributed by atoms with Gasteiger partial charge in [-0.05, 0) is 99.8 Å². The number of benzene rings is 3. The number of fused-ring (bicyclic) bond motifs is 2. The van der Waals surface area contributed by atoms with E-state index in [2.05, 4.69) is 29.8 Å². The molecule has 0 radical (unpaired) electrons. The van der Waals surface area contributed by atoms with Gasteiger partial charge in [-0.25, -0.2) is 14.6 Å². The van der Waals surface area contributed by atoms with Crippen LogP contribution >= 0.6 is 11.8 Å². The van der Waals surface area contributed by atoms with Gasteiger partial charge in [-0.3, -0.25) is 29.4 Å². The number of nitrogens with zero attached hydrogens (tertiary/aromatic N) is 7. The third-order valence-corrected chi connectivity index (χ3v) is 12.8. The van der Waals surface area contributed by atoms with Gasteiger partial charge in [-0.1, -0.05) is 18.2 Å². The lowest BCUT2D eigenvalue weighted by atomic mass is 10.0. The normalized spacial score (nSPS) is 20.0. The first-order valence-electron chi connectivity index (χ1n) is 19.6. The van der Waals surface area contributed by atoms with Gasteiger partial charge in [-0.15, -0.1) is 11.8 Å². The number of nitrogens with two attached hydrogens (primary N) is 1. The number of amides is 4. The second kappa shape index (κ2) is 15.7. The summed E-state index contributed by atoms with van der Waals surface area (Å²) in [6, 6.07) is 22.2. The Morgan fingerprint density at radius 1 is 0.772 bits per heavy atom. The maximum absolute atomic E-state index is 13.3. The highest BCUT2D eigenvalue weighted by molar-refractivity contribution is 8.00. The van der Waals surface area contributed by atoms with Crippen LogP contribution in [0, 0.1) is 0 Å². The van der Waals surface area contributed by atoms with Gasteiger partial charge in [-0.2, -0.15) is 5.10 Å². The van der Waals surface area contributed by atoms with E-state index in [0.717, 1.165) is 109 Å². The Labute approximate surface area is 333 Å². The summed E-state index contributed by atoms with van der Waals surface area (Å²) in [5, 5.41) is 8.52. The van der Waals surface area contributed by atoms with Crippen LogP contribution in [0.3, 0.4) is 0 Å². The van der Waals surface area contributed by atoms with E-state index in [0.29, 0.717) is 22.2 Å². The van der Waals surface area contributed by atoms with Gasteiger partial charge < -0.3 is 20.3 Å². The van der Waals surface area contributed by atoms with E-state index in [1.165, 1.54) is 6.33 Å². The summed E-state index contributed by atoms with van der Waals surface area (Å²) in [5.41, 5.74) is 9.53. The lowest BCUT2D eigenvalue weighted by Crippen LogP contribution is -2.54.